The van der Waals surface area contributed by atoms with Crippen LogP contribution in [0.3, 0.4) is 0 Å². The number of nitro groups is 1. The van der Waals surface area contributed by atoms with E-state index in [0.717, 1.165) is 48.6 Å². The van der Waals surface area contributed by atoms with Crippen molar-refractivity contribution in [3.63, 3.8) is 0 Å². The summed E-state index contributed by atoms with van der Waals surface area (Å²) in [5.74, 6) is -0.474. The van der Waals surface area contributed by atoms with Crippen LogP contribution in [0.4, 0.5) is 16.5 Å². The van der Waals surface area contributed by atoms with Gasteiger partial charge in [0.1, 0.15) is 0 Å². The number of aryl methyl sites for hydroxylation is 1. The third-order valence-electron chi connectivity index (χ3n) is 6.06. The summed E-state index contributed by atoms with van der Waals surface area (Å²) < 4.78 is 13.1. The van der Waals surface area contributed by atoms with Gasteiger partial charge in [-0.3, -0.25) is 20.2 Å². The quantitative estimate of drug-likeness (QED) is 0.237. The topological polar surface area (TPSA) is 121 Å². The monoisotopic (exact) mass is 499 g/mol. The number of non-ortho nitro benzene ring substituents is 1. The van der Waals surface area contributed by atoms with Gasteiger partial charge in [0.25, 0.3) is 11.6 Å². The van der Waals surface area contributed by atoms with Gasteiger partial charge in [-0.25, -0.2) is 4.98 Å². The normalized spacial score (nSPS) is 15.3. The van der Waals surface area contributed by atoms with Crippen molar-refractivity contribution in [2.75, 3.05) is 37.5 Å². The van der Waals surface area contributed by atoms with Crippen molar-refractivity contribution < 1.29 is 19.2 Å². The molecular formula is C24H29N5O5S. The number of benzene rings is 1. The van der Waals surface area contributed by atoms with Crippen LogP contribution in [0.2, 0.25) is 0 Å². The van der Waals surface area contributed by atoms with Gasteiger partial charge in [0.2, 0.25) is 0 Å². The van der Waals surface area contributed by atoms with E-state index in [2.05, 4.69) is 40.1 Å². The number of amides is 1. The van der Waals surface area contributed by atoms with Crippen molar-refractivity contribution in [1.82, 2.24) is 9.55 Å². The first-order valence-corrected chi connectivity index (χ1v) is 12.3. The summed E-state index contributed by atoms with van der Waals surface area (Å²) in [4.78, 5) is 28.4. The van der Waals surface area contributed by atoms with Crippen LogP contribution in [0.1, 0.15) is 34.6 Å². The molecule has 1 amide bonds. The second kappa shape index (κ2) is 11.0. The number of carbonyl (C=O) groups is 1. The summed E-state index contributed by atoms with van der Waals surface area (Å²) in [5.41, 5.74) is 4.51. The number of hydrogen-bond donors (Lipinski definition) is 2. The molecule has 2 aromatic heterocycles. The average Bonchev–Trinajstić information content (AvgIpc) is 3.57. The molecule has 0 spiro atoms. The fourth-order valence-corrected chi connectivity index (χ4v) is 4.93. The van der Waals surface area contributed by atoms with Crippen LogP contribution in [0, 0.1) is 24.0 Å². The zero-order chi connectivity index (χ0) is 24.9. The first-order chi connectivity index (χ1) is 16.9. The van der Waals surface area contributed by atoms with E-state index in [9.17, 15) is 14.9 Å². The predicted molar refractivity (Wildman–Crippen MR) is 135 cm³/mol. The third kappa shape index (κ3) is 5.69. The van der Waals surface area contributed by atoms with Gasteiger partial charge in [-0.2, -0.15) is 0 Å². The largest absolute Gasteiger partial charge is 0.383 e. The Morgan fingerprint density at radius 3 is 2.91 bits per heavy atom. The summed E-state index contributed by atoms with van der Waals surface area (Å²) in [6.45, 7) is 6.66. The first-order valence-electron chi connectivity index (χ1n) is 11.4. The van der Waals surface area contributed by atoms with Gasteiger partial charge in [0, 0.05) is 67.0 Å². The van der Waals surface area contributed by atoms with Gasteiger partial charge >= 0.3 is 0 Å². The number of nitro benzene ring substituents is 1. The molecular weight excluding hydrogens is 470 g/mol. The number of ether oxygens (including phenoxy) is 2. The number of thiazole rings is 1. The number of carbonyl (C=O) groups excluding carboxylic acids is 1. The van der Waals surface area contributed by atoms with E-state index in [-0.39, 0.29) is 17.4 Å². The van der Waals surface area contributed by atoms with Crippen molar-refractivity contribution >= 4 is 33.8 Å². The molecule has 1 aliphatic heterocycles. The second-order valence-electron chi connectivity index (χ2n) is 8.43. The van der Waals surface area contributed by atoms with Crippen molar-refractivity contribution in [3.8, 4) is 11.3 Å². The molecule has 0 saturated carbocycles. The Balaban J connectivity index is 1.53. The van der Waals surface area contributed by atoms with Gasteiger partial charge in [-0.1, -0.05) is 0 Å². The maximum atomic E-state index is 13.1. The summed E-state index contributed by atoms with van der Waals surface area (Å²) >= 11 is 1.31. The fraction of sp³-hybridized carbons (Fsp3) is 0.417. The first kappa shape index (κ1) is 24.8. The summed E-state index contributed by atoms with van der Waals surface area (Å²) in [5, 5.41) is 19.4. The van der Waals surface area contributed by atoms with Crippen LogP contribution in [0.5, 0.6) is 0 Å². The summed E-state index contributed by atoms with van der Waals surface area (Å²) in [6.07, 6.45) is 2.40. The number of nitrogens with one attached hydrogen (secondary N) is 2. The van der Waals surface area contributed by atoms with Crippen molar-refractivity contribution in [2.24, 2.45) is 0 Å². The lowest BCUT2D eigenvalue weighted by Crippen LogP contribution is -2.17. The number of hydrogen-bond acceptors (Lipinski definition) is 8. The molecule has 4 rings (SSSR count). The van der Waals surface area contributed by atoms with E-state index >= 15 is 0 Å². The molecule has 1 saturated heterocycles. The van der Waals surface area contributed by atoms with E-state index < -0.39 is 10.8 Å². The maximum absolute atomic E-state index is 13.1. The Morgan fingerprint density at radius 1 is 1.37 bits per heavy atom. The van der Waals surface area contributed by atoms with Crippen molar-refractivity contribution in [2.45, 2.75) is 39.3 Å². The minimum atomic E-state index is -0.524. The third-order valence-corrected chi connectivity index (χ3v) is 6.82. The minimum Gasteiger partial charge on any atom is -0.383 e. The zero-order valence-corrected chi connectivity index (χ0v) is 20.8. The maximum Gasteiger partial charge on any atom is 0.270 e. The smallest absolute Gasteiger partial charge is 0.270 e. The predicted octanol–water partition coefficient (Wildman–Crippen LogP) is 4.63. The molecule has 1 fully saturated rings. The molecule has 0 radical (unpaired) electrons. The van der Waals surface area contributed by atoms with Crippen LogP contribution in [-0.4, -0.2) is 53.4 Å². The molecule has 186 valence electrons. The number of rotatable bonds is 10. The standard InChI is InChI=1S/C24H29N5O5S/c1-15-11-19(16(2)28(15)13-18-5-4-9-34-18)22-14-35-24(26-22)27-23(30)20-12-17(29(31)32)6-7-21(20)25-8-10-33-3/h6-7,11-12,14,18,25H,4-5,8-10,13H2,1-3H3,(H,26,27,30). The van der Waals surface area contributed by atoms with Crippen molar-refractivity contribution in [3.05, 3.63) is 56.7 Å². The highest BCUT2D eigenvalue weighted by molar-refractivity contribution is 7.14. The molecule has 35 heavy (non-hydrogen) atoms. The zero-order valence-electron chi connectivity index (χ0n) is 20.0. The Hall–Kier alpha value is -3.28. The molecule has 2 N–H and O–H groups in total. The molecule has 10 nitrogen and oxygen atoms in total. The second-order valence-corrected chi connectivity index (χ2v) is 9.29. The summed E-state index contributed by atoms with van der Waals surface area (Å²) in [7, 11) is 1.57. The van der Waals surface area contributed by atoms with Gasteiger partial charge in [0.15, 0.2) is 5.13 Å². The molecule has 1 aromatic carbocycles. The molecule has 1 atom stereocenters. The van der Waals surface area contributed by atoms with Gasteiger partial charge < -0.3 is 19.4 Å². The van der Waals surface area contributed by atoms with Gasteiger partial charge in [0.05, 0.1) is 28.9 Å². The van der Waals surface area contributed by atoms with Gasteiger partial charge in [-0.15, -0.1) is 11.3 Å². The molecule has 0 aliphatic carbocycles. The Bertz CT molecular complexity index is 1220. The SMILES string of the molecule is COCCNc1ccc([N+](=O)[O-])cc1C(=O)Nc1nc(-c2cc(C)n(CC3CCCO3)c2C)cs1. The molecule has 3 aromatic rings. The van der Waals surface area contributed by atoms with E-state index in [1.165, 1.54) is 29.5 Å². The van der Waals surface area contributed by atoms with Crippen LogP contribution >= 0.6 is 11.3 Å². The van der Waals surface area contributed by atoms with Crippen LogP contribution in [0.25, 0.3) is 11.3 Å². The number of anilines is 2. The van der Waals surface area contributed by atoms with E-state index in [4.69, 9.17) is 9.47 Å². The van der Waals surface area contributed by atoms with Gasteiger partial charge in [-0.05, 0) is 38.8 Å². The highest BCUT2D eigenvalue weighted by Gasteiger charge is 2.21. The lowest BCUT2D eigenvalue weighted by molar-refractivity contribution is -0.384. The van der Waals surface area contributed by atoms with Crippen LogP contribution in [0.15, 0.2) is 29.6 Å². The Labute approximate surface area is 207 Å². The number of nitrogens with zero attached hydrogens (tertiary/aromatic N) is 3. The average molecular weight is 500 g/mol. The van der Waals surface area contributed by atoms with Crippen LogP contribution < -0.4 is 10.6 Å². The van der Waals surface area contributed by atoms with E-state index in [0.29, 0.717) is 24.0 Å². The Morgan fingerprint density at radius 2 is 2.20 bits per heavy atom. The van der Waals surface area contributed by atoms with E-state index in [1.807, 2.05) is 5.38 Å². The minimum absolute atomic E-state index is 0.161. The van der Waals surface area contributed by atoms with Crippen molar-refractivity contribution in [1.29, 1.82) is 0 Å². The summed E-state index contributed by atoms with van der Waals surface area (Å²) in [6, 6.07) is 6.25. The number of methoxy groups -OCH3 is 1. The highest BCUT2D eigenvalue weighted by Crippen LogP contribution is 2.31. The lowest BCUT2D eigenvalue weighted by Gasteiger charge is -2.14. The molecule has 0 bridgehead atoms. The lowest BCUT2D eigenvalue weighted by atomic mass is 10.1. The van der Waals surface area contributed by atoms with Crippen LogP contribution in [-0.2, 0) is 16.0 Å². The highest BCUT2D eigenvalue weighted by atomic mass is 32.1. The molecule has 11 heteroatoms. The molecule has 3 heterocycles. The fourth-order valence-electron chi connectivity index (χ4n) is 4.23. The van der Waals surface area contributed by atoms with E-state index in [1.54, 1.807) is 7.11 Å². The number of aromatic nitrogens is 2. The molecule has 1 aliphatic rings. The molecule has 1 unspecified atom stereocenters. The Kier molecular flexibility index (Phi) is 7.79.